The Morgan fingerprint density at radius 3 is 2.67 bits per heavy atom. The zero-order valence-corrected chi connectivity index (χ0v) is 12.6. The Kier molecular flexibility index (Phi) is 6.94. The summed E-state index contributed by atoms with van der Waals surface area (Å²) in [4.78, 5) is 15.5. The van der Waals surface area contributed by atoms with Crippen LogP contribution in [0, 0.1) is 0 Å². The van der Waals surface area contributed by atoms with Crippen molar-refractivity contribution in [3.63, 3.8) is 0 Å². The van der Waals surface area contributed by atoms with Crippen molar-refractivity contribution in [2.75, 3.05) is 20.8 Å². The molecule has 0 unspecified atom stereocenters. The van der Waals surface area contributed by atoms with E-state index in [-0.39, 0.29) is 0 Å². The number of rotatable bonds is 8. The van der Waals surface area contributed by atoms with Crippen molar-refractivity contribution >= 4 is 11.9 Å². The molecule has 0 heterocycles. The van der Waals surface area contributed by atoms with Gasteiger partial charge >= 0.3 is 6.16 Å². The lowest BCUT2D eigenvalue weighted by atomic mass is 10.1. The van der Waals surface area contributed by atoms with Crippen LogP contribution in [0.15, 0.2) is 24.8 Å². The third-order valence-electron chi connectivity index (χ3n) is 2.69. The molecule has 1 rings (SSSR count). The molecule has 116 valence electrons. The highest BCUT2D eigenvalue weighted by molar-refractivity contribution is 5.66. The minimum atomic E-state index is -0.843. The van der Waals surface area contributed by atoms with E-state index in [9.17, 15) is 4.79 Å². The van der Waals surface area contributed by atoms with E-state index in [1.807, 2.05) is 0 Å². The second-order valence-corrected chi connectivity index (χ2v) is 4.20. The summed E-state index contributed by atoms with van der Waals surface area (Å²) in [5.74, 6) is 1.25. The molecule has 21 heavy (non-hydrogen) atoms. The third kappa shape index (κ3) is 5.25. The molecule has 0 spiro atoms. The van der Waals surface area contributed by atoms with E-state index in [0.717, 1.165) is 12.8 Å². The molecule has 1 aromatic rings. The summed E-state index contributed by atoms with van der Waals surface area (Å²) in [6.07, 6.45) is 1.16. The Labute approximate surface area is 124 Å². The van der Waals surface area contributed by atoms with Gasteiger partial charge in [0, 0.05) is 5.56 Å². The minimum Gasteiger partial charge on any atom is -0.493 e. The molecule has 0 aliphatic heterocycles. The van der Waals surface area contributed by atoms with Crippen LogP contribution in [0.4, 0.5) is 4.79 Å². The molecule has 0 aliphatic carbocycles. The van der Waals surface area contributed by atoms with Gasteiger partial charge in [-0.1, -0.05) is 19.9 Å². The molecule has 0 fully saturated rings. The average Bonchev–Trinajstić information content (AvgIpc) is 2.52. The van der Waals surface area contributed by atoms with Crippen LogP contribution in [0.1, 0.15) is 25.3 Å². The first-order valence-corrected chi connectivity index (χ1v) is 6.63. The monoisotopic (exact) mass is 295 g/mol. The molecule has 1 aromatic carbocycles. The van der Waals surface area contributed by atoms with Crippen LogP contribution in [0.25, 0.3) is 5.70 Å². The number of benzene rings is 1. The van der Waals surface area contributed by atoms with Crippen molar-refractivity contribution in [3.8, 4) is 11.5 Å². The Balaban J connectivity index is 2.76. The van der Waals surface area contributed by atoms with Crippen molar-refractivity contribution < 1.29 is 23.8 Å². The molecule has 6 nitrogen and oxygen atoms in total. The fourth-order valence-corrected chi connectivity index (χ4v) is 1.51. The van der Waals surface area contributed by atoms with Crippen molar-refractivity contribution in [3.05, 3.63) is 30.3 Å². The molecule has 0 saturated carbocycles. The topological polar surface area (TPSA) is 66.0 Å². The lowest BCUT2D eigenvalue weighted by Gasteiger charge is -2.13. The van der Waals surface area contributed by atoms with Gasteiger partial charge in [-0.15, -0.1) is 0 Å². The smallest absolute Gasteiger partial charge is 0.493 e. The number of nitrogens with one attached hydrogen (secondary N) is 1. The Bertz CT molecular complexity index is 487. The average molecular weight is 295 g/mol. The molecule has 6 heteroatoms. The molecular formula is C15H21NO5. The second-order valence-electron chi connectivity index (χ2n) is 4.20. The van der Waals surface area contributed by atoms with Crippen molar-refractivity contribution in [2.45, 2.75) is 19.8 Å². The maximum atomic E-state index is 10.9. The number of carbonyl (C=O) groups is 1. The van der Waals surface area contributed by atoms with Crippen LogP contribution in [0.2, 0.25) is 0 Å². The predicted octanol–water partition coefficient (Wildman–Crippen LogP) is 3.13. The molecule has 1 N–H and O–H groups in total. The maximum absolute atomic E-state index is 10.9. The van der Waals surface area contributed by atoms with Gasteiger partial charge in [-0.25, -0.2) is 10.3 Å². The lowest BCUT2D eigenvalue weighted by Crippen LogP contribution is -2.18. The number of carbonyl (C=O) groups excluding carboxylic acids is 1. The van der Waals surface area contributed by atoms with E-state index in [1.165, 1.54) is 7.11 Å². The molecule has 0 bridgehead atoms. The van der Waals surface area contributed by atoms with Gasteiger partial charge in [0.1, 0.15) is 0 Å². The molecule has 0 radical (unpaired) electrons. The number of unbranched alkanes of at least 4 members (excludes halogenated alkanes) is 1. The highest BCUT2D eigenvalue weighted by atomic mass is 16.8. The van der Waals surface area contributed by atoms with Crippen LogP contribution in [0.5, 0.6) is 11.5 Å². The molecule has 0 aromatic heterocycles. The van der Waals surface area contributed by atoms with Crippen LogP contribution in [0.3, 0.4) is 0 Å². The SMILES string of the molecule is C=C(NOC(=O)OC)c1ccc(OC)c(OCCCC)c1. The molecule has 0 atom stereocenters. The molecule has 0 aliphatic rings. The summed E-state index contributed by atoms with van der Waals surface area (Å²) in [5.41, 5.74) is 3.54. The van der Waals surface area contributed by atoms with E-state index in [2.05, 4.69) is 28.6 Å². The van der Waals surface area contributed by atoms with Crippen LogP contribution in [-0.2, 0) is 9.57 Å². The molecular weight excluding hydrogens is 274 g/mol. The highest BCUT2D eigenvalue weighted by Gasteiger charge is 2.09. The predicted molar refractivity (Wildman–Crippen MR) is 79.1 cm³/mol. The zero-order valence-electron chi connectivity index (χ0n) is 12.6. The number of hydrogen-bond acceptors (Lipinski definition) is 6. The standard InChI is InChI=1S/C15H21NO5/c1-5-6-9-20-14-10-12(7-8-13(14)18-3)11(2)16-21-15(17)19-4/h7-8,10,16H,2,5-6,9H2,1,3-4H3. The first-order chi connectivity index (χ1) is 10.1. The number of ether oxygens (including phenoxy) is 3. The fourth-order valence-electron chi connectivity index (χ4n) is 1.51. The summed E-state index contributed by atoms with van der Waals surface area (Å²) in [7, 11) is 2.80. The van der Waals surface area contributed by atoms with Crippen molar-refractivity contribution in [1.82, 2.24) is 5.48 Å². The van der Waals surface area contributed by atoms with E-state index in [1.54, 1.807) is 25.3 Å². The van der Waals surface area contributed by atoms with E-state index >= 15 is 0 Å². The molecule has 0 amide bonds. The number of methoxy groups -OCH3 is 2. The fraction of sp³-hybridized carbons (Fsp3) is 0.400. The van der Waals surface area contributed by atoms with E-state index in [0.29, 0.717) is 29.4 Å². The van der Waals surface area contributed by atoms with Gasteiger partial charge in [-0.05, 0) is 24.6 Å². The van der Waals surface area contributed by atoms with E-state index < -0.39 is 6.16 Å². The summed E-state index contributed by atoms with van der Waals surface area (Å²) in [6.45, 7) is 6.48. The van der Waals surface area contributed by atoms with Gasteiger partial charge < -0.3 is 19.0 Å². The van der Waals surface area contributed by atoms with Crippen LogP contribution < -0.4 is 15.0 Å². The second kappa shape index (κ2) is 8.73. The highest BCUT2D eigenvalue weighted by Crippen LogP contribution is 2.30. The van der Waals surface area contributed by atoms with Gasteiger partial charge in [0.2, 0.25) is 0 Å². The Morgan fingerprint density at radius 1 is 1.29 bits per heavy atom. The summed E-state index contributed by atoms with van der Waals surface area (Å²) < 4.78 is 15.3. The van der Waals surface area contributed by atoms with Gasteiger partial charge in [0.05, 0.1) is 26.5 Å². The Morgan fingerprint density at radius 2 is 2.05 bits per heavy atom. The van der Waals surface area contributed by atoms with Gasteiger partial charge in [0.25, 0.3) is 0 Å². The number of hydroxylamine groups is 1. The first kappa shape index (κ1) is 16.7. The zero-order chi connectivity index (χ0) is 15.7. The number of hydrogen-bond donors (Lipinski definition) is 1. The maximum Gasteiger partial charge on any atom is 0.532 e. The quantitative estimate of drug-likeness (QED) is 0.451. The largest absolute Gasteiger partial charge is 0.532 e. The summed E-state index contributed by atoms with van der Waals surface area (Å²) in [5, 5.41) is 0. The van der Waals surface area contributed by atoms with Gasteiger partial charge in [-0.3, -0.25) is 0 Å². The summed E-state index contributed by atoms with van der Waals surface area (Å²) >= 11 is 0. The van der Waals surface area contributed by atoms with Crippen LogP contribution in [-0.4, -0.2) is 27.0 Å². The summed E-state index contributed by atoms with van der Waals surface area (Å²) in [6, 6.07) is 5.31. The first-order valence-electron chi connectivity index (χ1n) is 6.63. The third-order valence-corrected chi connectivity index (χ3v) is 2.69. The van der Waals surface area contributed by atoms with Gasteiger partial charge in [0.15, 0.2) is 11.5 Å². The van der Waals surface area contributed by atoms with Gasteiger partial charge in [-0.2, -0.15) is 0 Å². The minimum absolute atomic E-state index is 0.406. The van der Waals surface area contributed by atoms with Crippen molar-refractivity contribution in [1.29, 1.82) is 0 Å². The Hall–Kier alpha value is -2.37. The lowest BCUT2D eigenvalue weighted by molar-refractivity contribution is 0.0485. The van der Waals surface area contributed by atoms with Crippen LogP contribution >= 0.6 is 0 Å². The molecule has 0 saturated heterocycles. The van der Waals surface area contributed by atoms with Crippen molar-refractivity contribution in [2.24, 2.45) is 0 Å². The van der Waals surface area contributed by atoms with E-state index in [4.69, 9.17) is 9.47 Å². The normalized spacial score (nSPS) is 9.67.